The molecule has 4 heteroatoms. The number of carbonyl (C=O) groups is 1. The Labute approximate surface area is 159 Å². The number of aromatic nitrogens is 1. The van der Waals surface area contributed by atoms with Gasteiger partial charge in [-0.15, -0.1) is 11.3 Å². The van der Waals surface area contributed by atoms with Crippen LogP contribution in [0.2, 0.25) is 0 Å². The summed E-state index contributed by atoms with van der Waals surface area (Å²) >= 11 is 1.54. The SMILES string of the molecule is CCc1ccc(-c2csc(NC(=O)C34CC5CC(CC(C5)C3)C4)n2)cc1. The highest BCUT2D eigenvalue weighted by molar-refractivity contribution is 7.14. The molecule has 0 spiro atoms. The molecule has 0 saturated heterocycles. The van der Waals surface area contributed by atoms with Gasteiger partial charge < -0.3 is 5.32 Å². The third-order valence-electron chi connectivity index (χ3n) is 6.90. The molecule has 3 nitrogen and oxygen atoms in total. The standard InChI is InChI=1S/C22H26N2OS/c1-2-14-3-5-18(6-4-14)19-13-26-21(23-19)24-20(25)22-10-15-7-16(11-22)9-17(8-15)12-22/h3-6,13,15-17H,2,7-12H2,1H3,(H,23,24,25). The molecule has 1 heterocycles. The minimum atomic E-state index is -0.108. The Morgan fingerprint density at radius 2 is 1.73 bits per heavy atom. The number of benzene rings is 1. The van der Waals surface area contributed by atoms with Gasteiger partial charge in [-0.2, -0.15) is 0 Å². The van der Waals surface area contributed by atoms with Crippen molar-refractivity contribution in [2.45, 2.75) is 51.9 Å². The maximum absolute atomic E-state index is 13.2. The molecule has 4 aliphatic rings. The second-order valence-corrected chi connectivity index (χ2v) is 9.60. The van der Waals surface area contributed by atoms with Crippen molar-refractivity contribution in [3.63, 3.8) is 0 Å². The molecule has 26 heavy (non-hydrogen) atoms. The van der Waals surface area contributed by atoms with Crippen molar-refractivity contribution in [1.29, 1.82) is 0 Å². The average molecular weight is 367 g/mol. The van der Waals surface area contributed by atoms with Crippen LogP contribution in [-0.4, -0.2) is 10.9 Å². The van der Waals surface area contributed by atoms with E-state index in [1.165, 1.54) is 24.8 Å². The molecule has 136 valence electrons. The van der Waals surface area contributed by atoms with E-state index in [0.29, 0.717) is 0 Å². The van der Waals surface area contributed by atoms with Crippen LogP contribution < -0.4 is 5.32 Å². The molecule has 0 unspecified atom stereocenters. The first-order chi connectivity index (χ1) is 12.6. The maximum Gasteiger partial charge on any atom is 0.232 e. The van der Waals surface area contributed by atoms with Crippen LogP contribution in [0.15, 0.2) is 29.6 Å². The van der Waals surface area contributed by atoms with Crippen molar-refractivity contribution in [1.82, 2.24) is 4.98 Å². The smallest absolute Gasteiger partial charge is 0.232 e. The number of aryl methyl sites for hydroxylation is 1. The molecule has 4 aliphatic carbocycles. The van der Waals surface area contributed by atoms with Crippen molar-refractivity contribution >= 4 is 22.4 Å². The Balaban J connectivity index is 1.32. The lowest BCUT2D eigenvalue weighted by Gasteiger charge is -2.55. The van der Waals surface area contributed by atoms with Gasteiger partial charge in [0.15, 0.2) is 5.13 Å². The summed E-state index contributed by atoms with van der Waals surface area (Å²) in [4.78, 5) is 17.8. The molecule has 1 aromatic carbocycles. The van der Waals surface area contributed by atoms with E-state index in [-0.39, 0.29) is 11.3 Å². The van der Waals surface area contributed by atoms with Crippen LogP contribution >= 0.6 is 11.3 Å². The lowest BCUT2D eigenvalue weighted by atomic mass is 9.49. The molecule has 1 amide bonds. The van der Waals surface area contributed by atoms with Crippen molar-refractivity contribution in [3.8, 4) is 11.3 Å². The second kappa shape index (κ2) is 6.19. The van der Waals surface area contributed by atoms with Gasteiger partial charge in [0.2, 0.25) is 5.91 Å². The number of amides is 1. The summed E-state index contributed by atoms with van der Waals surface area (Å²) in [5.41, 5.74) is 3.30. The molecule has 1 aromatic heterocycles. The topological polar surface area (TPSA) is 42.0 Å². The normalized spacial score (nSPS) is 32.0. The summed E-state index contributed by atoms with van der Waals surface area (Å²) in [7, 11) is 0. The molecule has 4 fully saturated rings. The van der Waals surface area contributed by atoms with Gasteiger partial charge in [-0.25, -0.2) is 4.98 Å². The van der Waals surface area contributed by atoms with Crippen LogP contribution in [0.5, 0.6) is 0 Å². The van der Waals surface area contributed by atoms with Gasteiger partial charge in [-0.05, 0) is 68.3 Å². The first-order valence-electron chi connectivity index (χ1n) is 10.00. The molecule has 6 rings (SSSR count). The first-order valence-corrected chi connectivity index (χ1v) is 10.9. The van der Waals surface area contributed by atoms with E-state index in [0.717, 1.165) is 59.8 Å². The van der Waals surface area contributed by atoms with E-state index in [1.807, 2.05) is 0 Å². The lowest BCUT2D eigenvalue weighted by molar-refractivity contribution is -0.140. The maximum atomic E-state index is 13.2. The van der Waals surface area contributed by atoms with E-state index < -0.39 is 0 Å². The monoisotopic (exact) mass is 366 g/mol. The Bertz CT molecular complexity index is 788. The fourth-order valence-corrected chi connectivity index (χ4v) is 6.71. The summed E-state index contributed by atoms with van der Waals surface area (Å²) in [5, 5.41) is 5.98. The Morgan fingerprint density at radius 3 is 2.31 bits per heavy atom. The summed E-state index contributed by atoms with van der Waals surface area (Å²) < 4.78 is 0. The second-order valence-electron chi connectivity index (χ2n) is 8.74. The van der Waals surface area contributed by atoms with E-state index in [9.17, 15) is 4.79 Å². The number of hydrogen-bond acceptors (Lipinski definition) is 3. The molecular weight excluding hydrogens is 340 g/mol. The van der Waals surface area contributed by atoms with Crippen molar-refractivity contribution < 1.29 is 4.79 Å². The van der Waals surface area contributed by atoms with Crippen molar-refractivity contribution in [2.75, 3.05) is 5.32 Å². The highest BCUT2D eigenvalue weighted by Gasteiger charge is 2.54. The zero-order chi connectivity index (χ0) is 17.7. The molecule has 0 radical (unpaired) electrons. The lowest BCUT2D eigenvalue weighted by Crippen LogP contribution is -2.51. The highest BCUT2D eigenvalue weighted by atomic mass is 32.1. The Kier molecular flexibility index (Phi) is 3.93. The number of nitrogens with zero attached hydrogens (tertiary/aromatic N) is 1. The number of hydrogen-bond donors (Lipinski definition) is 1. The van der Waals surface area contributed by atoms with Crippen LogP contribution in [0.1, 0.15) is 51.0 Å². The number of nitrogens with one attached hydrogen (secondary N) is 1. The minimum Gasteiger partial charge on any atom is -0.301 e. The summed E-state index contributed by atoms with van der Waals surface area (Å²) in [5.74, 6) is 2.60. The summed E-state index contributed by atoms with van der Waals surface area (Å²) in [6.45, 7) is 2.16. The first kappa shape index (κ1) is 16.5. The largest absolute Gasteiger partial charge is 0.301 e. The van der Waals surface area contributed by atoms with Gasteiger partial charge in [0, 0.05) is 10.9 Å². The molecule has 4 saturated carbocycles. The van der Waals surface area contributed by atoms with Crippen molar-refractivity contribution in [3.05, 3.63) is 35.2 Å². The highest BCUT2D eigenvalue weighted by Crippen LogP contribution is 2.60. The summed E-state index contributed by atoms with van der Waals surface area (Å²) in [6.07, 6.45) is 8.43. The number of rotatable bonds is 4. The Hall–Kier alpha value is -1.68. The quantitative estimate of drug-likeness (QED) is 0.773. The third kappa shape index (κ3) is 2.79. The average Bonchev–Trinajstić information content (AvgIpc) is 3.09. The number of thiazole rings is 1. The van der Waals surface area contributed by atoms with Crippen LogP contribution in [0.25, 0.3) is 11.3 Å². The van der Waals surface area contributed by atoms with Crippen molar-refractivity contribution in [2.24, 2.45) is 23.2 Å². The van der Waals surface area contributed by atoms with E-state index in [4.69, 9.17) is 4.98 Å². The van der Waals surface area contributed by atoms with Gasteiger partial charge in [-0.1, -0.05) is 31.2 Å². The van der Waals surface area contributed by atoms with E-state index in [1.54, 1.807) is 11.3 Å². The van der Waals surface area contributed by atoms with E-state index >= 15 is 0 Å². The predicted octanol–water partition coefficient (Wildman–Crippen LogP) is 5.53. The van der Waals surface area contributed by atoms with Crippen LogP contribution in [0, 0.1) is 23.2 Å². The molecule has 0 atom stereocenters. The number of carbonyl (C=O) groups excluding carboxylic acids is 1. The molecule has 2 aromatic rings. The van der Waals surface area contributed by atoms with Crippen LogP contribution in [-0.2, 0) is 11.2 Å². The fraction of sp³-hybridized carbons (Fsp3) is 0.545. The van der Waals surface area contributed by atoms with Gasteiger partial charge in [-0.3, -0.25) is 4.79 Å². The molecular formula is C22H26N2OS. The molecule has 4 bridgehead atoms. The molecule has 1 N–H and O–H groups in total. The van der Waals surface area contributed by atoms with Gasteiger partial charge in [0.25, 0.3) is 0 Å². The Morgan fingerprint density at radius 1 is 1.12 bits per heavy atom. The van der Waals surface area contributed by atoms with E-state index in [2.05, 4.69) is 41.9 Å². The number of anilines is 1. The molecule has 0 aliphatic heterocycles. The van der Waals surface area contributed by atoms with Crippen LogP contribution in [0.4, 0.5) is 5.13 Å². The van der Waals surface area contributed by atoms with Gasteiger partial charge in [0.05, 0.1) is 11.1 Å². The predicted molar refractivity (Wildman–Crippen MR) is 106 cm³/mol. The van der Waals surface area contributed by atoms with Gasteiger partial charge in [0.1, 0.15) is 0 Å². The zero-order valence-corrected chi connectivity index (χ0v) is 16.1. The van der Waals surface area contributed by atoms with Gasteiger partial charge >= 0.3 is 0 Å². The fourth-order valence-electron chi connectivity index (χ4n) is 5.99. The third-order valence-corrected chi connectivity index (χ3v) is 7.66. The zero-order valence-electron chi connectivity index (χ0n) is 15.3. The summed E-state index contributed by atoms with van der Waals surface area (Å²) in [6, 6.07) is 8.56. The van der Waals surface area contributed by atoms with Crippen LogP contribution in [0.3, 0.4) is 0 Å². The minimum absolute atomic E-state index is 0.108.